The number of ether oxygens (including phenoxy) is 1. The second-order valence-corrected chi connectivity index (χ2v) is 6.79. The second kappa shape index (κ2) is 9.38. The zero-order valence-corrected chi connectivity index (χ0v) is 16.0. The third kappa shape index (κ3) is 4.99. The SMILES string of the molecule is COCCn1nnnc1[C@@H](C(C)C)N(Cc1cccnc1)Cc1ccco1. The van der Waals surface area contributed by atoms with Crippen LogP contribution in [0.4, 0.5) is 0 Å². The minimum atomic E-state index is 0.0159. The van der Waals surface area contributed by atoms with Crippen LogP contribution in [0, 0.1) is 5.92 Å². The van der Waals surface area contributed by atoms with Gasteiger partial charge in [0.2, 0.25) is 0 Å². The molecule has 0 unspecified atom stereocenters. The fourth-order valence-corrected chi connectivity index (χ4v) is 3.22. The van der Waals surface area contributed by atoms with E-state index < -0.39 is 0 Å². The van der Waals surface area contributed by atoms with E-state index in [9.17, 15) is 0 Å². The molecule has 0 fully saturated rings. The summed E-state index contributed by atoms with van der Waals surface area (Å²) in [5, 5.41) is 12.4. The number of methoxy groups -OCH3 is 1. The summed E-state index contributed by atoms with van der Waals surface area (Å²) < 4.78 is 12.6. The minimum Gasteiger partial charge on any atom is -0.468 e. The van der Waals surface area contributed by atoms with Gasteiger partial charge in [0.25, 0.3) is 0 Å². The van der Waals surface area contributed by atoms with Crippen molar-refractivity contribution in [3.05, 3.63) is 60.1 Å². The third-order valence-electron chi connectivity index (χ3n) is 4.40. The van der Waals surface area contributed by atoms with E-state index >= 15 is 0 Å². The predicted molar refractivity (Wildman–Crippen MR) is 99.5 cm³/mol. The molecule has 0 saturated heterocycles. The molecule has 0 amide bonds. The molecule has 0 bridgehead atoms. The number of rotatable bonds is 10. The summed E-state index contributed by atoms with van der Waals surface area (Å²) in [4.78, 5) is 6.58. The van der Waals surface area contributed by atoms with E-state index in [2.05, 4.69) is 45.3 Å². The first-order valence-corrected chi connectivity index (χ1v) is 9.09. The highest BCUT2D eigenvalue weighted by molar-refractivity contribution is 5.10. The molecule has 0 aliphatic rings. The van der Waals surface area contributed by atoms with Gasteiger partial charge in [-0.2, -0.15) is 0 Å². The monoisotopic (exact) mass is 370 g/mol. The molecule has 1 atom stereocenters. The van der Waals surface area contributed by atoms with Crippen molar-refractivity contribution in [3.63, 3.8) is 0 Å². The summed E-state index contributed by atoms with van der Waals surface area (Å²) in [5.41, 5.74) is 1.13. The van der Waals surface area contributed by atoms with Crippen molar-refractivity contribution < 1.29 is 9.15 Å². The smallest absolute Gasteiger partial charge is 0.168 e. The topological polar surface area (TPSA) is 82.1 Å². The zero-order valence-electron chi connectivity index (χ0n) is 16.0. The molecule has 0 aliphatic heterocycles. The van der Waals surface area contributed by atoms with Gasteiger partial charge < -0.3 is 9.15 Å². The maximum atomic E-state index is 5.61. The van der Waals surface area contributed by atoms with Gasteiger partial charge in [0.15, 0.2) is 5.82 Å². The van der Waals surface area contributed by atoms with Gasteiger partial charge in [0, 0.05) is 26.0 Å². The molecular weight excluding hydrogens is 344 g/mol. The van der Waals surface area contributed by atoms with E-state index in [0.717, 1.165) is 17.1 Å². The molecule has 8 nitrogen and oxygen atoms in total. The normalized spacial score (nSPS) is 12.8. The largest absolute Gasteiger partial charge is 0.468 e. The summed E-state index contributed by atoms with van der Waals surface area (Å²) in [5.74, 6) is 2.03. The summed E-state index contributed by atoms with van der Waals surface area (Å²) in [6, 6.07) is 7.94. The van der Waals surface area contributed by atoms with Crippen molar-refractivity contribution in [1.29, 1.82) is 0 Å². The van der Waals surface area contributed by atoms with E-state index in [0.29, 0.717) is 32.2 Å². The number of hydrogen-bond acceptors (Lipinski definition) is 7. The number of hydrogen-bond donors (Lipinski definition) is 0. The average molecular weight is 370 g/mol. The number of pyridine rings is 1. The highest BCUT2D eigenvalue weighted by atomic mass is 16.5. The summed E-state index contributed by atoms with van der Waals surface area (Å²) >= 11 is 0. The molecule has 0 saturated carbocycles. The van der Waals surface area contributed by atoms with Gasteiger partial charge in [-0.25, -0.2) is 4.68 Å². The lowest BCUT2D eigenvalue weighted by Gasteiger charge is -2.33. The van der Waals surface area contributed by atoms with Gasteiger partial charge in [-0.3, -0.25) is 9.88 Å². The Morgan fingerprint density at radius 1 is 1.22 bits per heavy atom. The third-order valence-corrected chi connectivity index (χ3v) is 4.40. The van der Waals surface area contributed by atoms with Crippen molar-refractivity contribution >= 4 is 0 Å². The molecule has 3 heterocycles. The molecule has 0 radical (unpaired) electrons. The highest BCUT2D eigenvalue weighted by Crippen LogP contribution is 2.30. The van der Waals surface area contributed by atoms with Gasteiger partial charge in [0.1, 0.15) is 5.76 Å². The van der Waals surface area contributed by atoms with Crippen LogP contribution in [-0.4, -0.2) is 43.8 Å². The average Bonchev–Trinajstić information content (AvgIpc) is 3.33. The molecule has 8 heteroatoms. The highest BCUT2D eigenvalue weighted by Gasteiger charge is 2.30. The Morgan fingerprint density at radius 2 is 2.11 bits per heavy atom. The van der Waals surface area contributed by atoms with Crippen molar-refractivity contribution in [2.75, 3.05) is 13.7 Å². The number of furan rings is 1. The fourth-order valence-electron chi connectivity index (χ4n) is 3.22. The van der Waals surface area contributed by atoms with E-state index in [1.807, 2.05) is 29.1 Å². The molecule has 0 aliphatic carbocycles. The first kappa shape index (κ1) is 19.2. The maximum absolute atomic E-state index is 5.61. The van der Waals surface area contributed by atoms with Crippen LogP contribution in [0.3, 0.4) is 0 Å². The van der Waals surface area contributed by atoms with Gasteiger partial charge in [0.05, 0.1) is 32.0 Å². The van der Waals surface area contributed by atoms with E-state index in [-0.39, 0.29) is 6.04 Å². The lowest BCUT2D eigenvalue weighted by Crippen LogP contribution is -2.34. The standard InChI is InChI=1S/C19H26N6O2/c1-15(2)18(19-21-22-23-25(19)9-11-26-3)24(14-17-7-5-10-27-17)13-16-6-4-8-20-12-16/h4-8,10,12,15,18H,9,11,13-14H2,1-3H3/t18-/m1/s1. The molecule has 0 N–H and O–H groups in total. The molecule has 3 aromatic heterocycles. The van der Waals surface area contributed by atoms with Gasteiger partial charge in [-0.15, -0.1) is 5.10 Å². The maximum Gasteiger partial charge on any atom is 0.168 e. The summed E-state index contributed by atoms with van der Waals surface area (Å²) in [7, 11) is 1.68. The molecule has 3 aromatic rings. The van der Waals surface area contributed by atoms with E-state index in [4.69, 9.17) is 9.15 Å². The van der Waals surface area contributed by atoms with Gasteiger partial charge >= 0.3 is 0 Å². The van der Waals surface area contributed by atoms with E-state index in [1.54, 1.807) is 19.6 Å². The van der Waals surface area contributed by atoms with Gasteiger partial charge in [-0.1, -0.05) is 19.9 Å². The Bertz CT molecular complexity index is 788. The first-order chi connectivity index (χ1) is 13.2. The minimum absolute atomic E-state index is 0.0159. The molecule has 0 aromatic carbocycles. The number of aromatic nitrogens is 5. The van der Waals surface area contributed by atoms with Crippen LogP contribution < -0.4 is 0 Å². The second-order valence-electron chi connectivity index (χ2n) is 6.79. The summed E-state index contributed by atoms with van der Waals surface area (Å²) in [6.07, 6.45) is 5.37. The Balaban J connectivity index is 1.92. The summed E-state index contributed by atoms with van der Waals surface area (Å²) in [6.45, 7) is 6.90. The van der Waals surface area contributed by atoms with Crippen LogP contribution >= 0.6 is 0 Å². The first-order valence-electron chi connectivity index (χ1n) is 9.09. The Hall–Kier alpha value is -2.58. The molecule has 27 heavy (non-hydrogen) atoms. The molecule has 0 spiro atoms. The van der Waals surface area contributed by atoms with Crippen LogP contribution in [0.25, 0.3) is 0 Å². The van der Waals surface area contributed by atoms with Crippen molar-refractivity contribution in [2.24, 2.45) is 5.92 Å². The quantitative estimate of drug-likeness (QED) is 0.543. The van der Waals surface area contributed by atoms with Crippen LogP contribution in [-0.2, 0) is 24.4 Å². The Kier molecular flexibility index (Phi) is 6.67. The van der Waals surface area contributed by atoms with Gasteiger partial charge in [-0.05, 0) is 40.1 Å². The van der Waals surface area contributed by atoms with E-state index in [1.165, 1.54) is 0 Å². The Morgan fingerprint density at radius 3 is 2.78 bits per heavy atom. The Labute approximate surface area is 159 Å². The van der Waals surface area contributed by atoms with Crippen LogP contribution in [0.1, 0.15) is 37.0 Å². The van der Waals surface area contributed by atoms with Crippen molar-refractivity contribution in [3.8, 4) is 0 Å². The lowest BCUT2D eigenvalue weighted by atomic mass is 10.0. The number of nitrogens with zero attached hydrogens (tertiary/aromatic N) is 6. The number of tetrazole rings is 1. The van der Waals surface area contributed by atoms with Crippen molar-refractivity contribution in [2.45, 2.75) is 39.5 Å². The molecular formula is C19H26N6O2. The van der Waals surface area contributed by atoms with Crippen LogP contribution in [0.2, 0.25) is 0 Å². The molecule has 3 rings (SSSR count). The zero-order chi connectivity index (χ0) is 19.1. The molecule has 144 valence electrons. The van der Waals surface area contributed by atoms with Crippen LogP contribution in [0.15, 0.2) is 47.3 Å². The predicted octanol–water partition coefficient (Wildman–Crippen LogP) is 2.71. The lowest BCUT2D eigenvalue weighted by molar-refractivity contribution is 0.113. The fraction of sp³-hybridized carbons (Fsp3) is 0.474. The van der Waals surface area contributed by atoms with Crippen LogP contribution in [0.5, 0.6) is 0 Å². The van der Waals surface area contributed by atoms with Crippen molar-refractivity contribution in [1.82, 2.24) is 30.1 Å².